The zero-order valence-corrected chi connectivity index (χ0v) is 16.0. The molecule has 0 radical (unpaired) electrons. The van der Waals surface area contributed by atoms with Gasteiger partial charge in [0.05, 0.1) is 12.6 Å². The summed E-state index contributed by atoms with van der Waals surface area (Å²) in [6, 6.07) is 2.81. The summed E-state index contributed by atoms with van der Waals surface area (Å²) < 4.78 is 74.9. The van der Waals surface area contributed by atoms with Crippen molar-refractivity contribution in [3.63, 3.8) is 0 Å². The molecule has 0 saturated carbocycles. The molecular weight excluding hydrogens is 453 g/mol. The van der Waals surface area contributed by atoms with Gasteiger partial charge in [-0.15, -0.1) is 0 Å². The van der Waals surface area contributed by atoms with Crippen molar-refractivity contribution in [1.82, 2.24) is 15.6 Å². The number of pyridine rings is 1. The van der Waals surface area contributed by atoms with Crippen LogP contribution < -0.4 is 15.4 Å². The van der Waals surface area contributed by atoms with Crippen LogP contribution in [0.2, 0.25) is 5.02 Å². The molecule has 1 fully saturated rings. The molecule has 0 spiro atoms. The molecule has 1 aromatic carbocycles. The van der Waals surface area contributed by atoms with E-state index in [1.54, 1.807) is 0 Å². The standard InChI is InChI=1S/C18H13ClF5N3O4/c19-12-9(20)3-2-8(13(12)21)14(27-17(28)10-6-26-18(29)30-10)7-1-4-11(25-5-7)31-16(24)15(22)23/h1-5,10,14-16H,6H2,(H,26,29)(H,27,28)/t10?,14-,16?/m1/s1. The number of aromatic nitrogens is 1. The highest BCUT2D eigenvalue weighted by atomic mass is 35.5. The van der Waals surface area contributed by atoms with E-state index in [2.05, 4.69) is 20.4 Å². The Morgan fingerprint density at radius 1 is 1.26 bits per heavy atom. The lowest BCUT2D eigenvalue weighted by Crippen LogP contribution is -2.39. The lowest BCUT2D eigenvalue weighted by molar-refractivity contribution is -0.128. The highest BCUT2D eigenvalue weighted by Gasteiger charge is 2.32. The van der Waals surface area contributed by atoms with Crippen molar-refractivity contribution in [2.75, 3.05) is 6.54 Å². The van der Waals surface area contributed by atoms with Crippen LogP contribution in [0.3, 0.4) is 0 Å². The molecule has 31 heavy (non-hydrogen) atoms. The molecule has 2 N–H and O–H groups in total. The molecule has 0 aliphatic carbocycles. The Balaban J connectivity index is 1.91. The molecule has 2 amide bonds. The SMILES string of the molecule is O=C1NCC(C(=O)N[C@H](c2ccc(OC(F)C(F)F)nc2)c2ccc(F)c(Cl)c2F)O1. The van der Waals surface area contributed by atoms with Crippen LogP contribution in [0.4, 0.5) is 26.7 Å². The summed E-state index contributed by atoms with van der Waals surface area (Å²) in [5.41, 5.74) is -0.171. The van der Waals surface area contributed by atoms with Gasteiger partial charge in [0, 0.05) is 17.8 Å². The van der Waals surface area contributed by atoms with E-state index >= 15 is 0 Å². The van der Waals surface area contributed by atoms with E-state index in [4.69, 9.17) is 16.3 Å². The third-order valence-electron chi connectivity index (χ3n) is 4.16. The molecular formula is C18H13ClF5N3O4. The second-order valence-corrected chi connectivity index (χ2v) is 6.59. The molecule has 1 aliphatic heterocycles. The van der Waals surface area contributed by atoms with E-state index in [0.29, 0.717) is 0 Å². The number of ether oxygens (including phenoxy) is 2. The lowest BCUT2D eigenvalue weighted by atomic mass is 9.99. The number of carbonyl (C=O) groups is 2. The van der Waals surface area contributed by atoms with Crippen molar-refractivity contribution < 1.29 is 41.0 Å². The Morgan fingerprint density at radius 3 is 2.58 bits per heavy atom. The van der Waals surface area contributed by atoms with Crippen LogP contribution >= 0.6 is 11.6 Å². The zero-order valence-electron chi connectivity index (χ0n) is 15.3. The van der Waals surface area contributed by atoms with Gasteiger partial charge in [0.1, 0.15) is 16.7 Å². The first-order valence-electron chi connectivity index (χ1n) is 8.60. The normalized spacial score (nSPS) is 17.6. The van der Waals surface area contributed by atoms with E-state index in [-0.39, 0.29) is 17.7 Å². The third-order valence-corrected chi connectivity index (χ3v) is 4.51. The molecule has 0 bridgehead atoms. The maximum Gasteiger partial charge on any atom is 0.408 e. The number of benzene rings is 1. The van der Waals surface area contributed by atoms with Crippen LogP contribution in [0, 0.1) is 11.6 Å². The summed E-state index contributed by atoms with van der Waals surface area (Å²) in [6.45, 7) is -0.138. The van der Waals surface area contributed by atoms with Crippen molar-refractivity contribution >= 4 is 23.6 Å². The molecule has 1 aromatic heterocycles. The summed E-state index contributed by atoms with van der Waals surface area (Å²) in [4.78, 5) is 27.3. The lowest BCUT2D eigenvalue weighted by Gasteiger charge is -2.22. The van der Waals surface area contributed by atoms with Crippen molar-refractivity contribution in [2.24, 2.45) is 0 Å². The molecule has 2 aromatic rings. The minimum Gasteiger partial charge on any atom is -0.437 e. The van der Waals surface area contributed by atoms with Gasteiger partial charge in [0.2, 0.25) is 5.88 Å². The van der Waals surface area contributed by atoms with Crippen molar-refractivity contribution in [3.8, 4) is 5.88 Å². The van der Waals surface area contributed by atoms with Gasteiger partial charge in [-0.2, -0.15) is 4.39 Å². The Labute approximate surface area is 176 Å². The number of nitrogens with one attached hydrogen (secondary N) is 2. The molecule has 13 heteroatoms. The van der Waals surface area contributed by atoms with Crippen LogP contribution in [0.5, 0.6) is 5.88 Å². The van der Waals surface area contributed by atoms with Crippen molar-refractivity contribution in [1.29, 1.82) is 0 Å². The monoisotopic (exact) mass is 465 g/mol. The van der Waals surface area contributed by atoms with E-state index < -0.39 is 59.5 Å². The Morgan fingerprint density at radius 2 is 2.00 bits per heavy atom. The van der Waals surface area contributed by atoms with Gasteiger partial charge in [-0.3, -0.25) is 4.79 Å². The van der Waals surface area contributed by atoms with E-state index in [9.17, 15) is 31.5 Å². The zero-order chi connectivity index (χ0) is 22.7. The number of amides is 2. The van der Waals surface area contributed by atoms with Gasteiger partial charge in [0.15, 0.2) is 6.10 Å². The van der Waals surface area contributed by atoms with E-state index in [1.165, 1.54) is 6.07 Å². The Bertz CT molecular complexity index is 979. The van der Waals surface area contributed by atoms with Crippen molar-refractivity contribution in [3.05, 3.63) is 58.2 Å². The third kappa shape index (κ3) is 5.13. The minimum absolute atomic E-state index is 0.0898. The van der Waals surface area contributed by atoms with Crippen LogP contribution in [0.15, 0.2) is 30.5 Å². The average Bonchev–Trinajstić information content (AvgIpc) is 3.18. The topological polar surface area (TPSA) is 89.6 Å². The predicted molar refractivity (Wildman–Crippen MR) is 95.4 cm³/mol. The number of halogens is 6. The molecule has 166 valence electrons. The molecule has 7 nitrogen and oxygen atoms in total. The maximum atomic E-state index is 14.6. The number of alkyl carbamates (subject to hydrolysis) is 1. The average molecular weight is 466 g/mol. The second-order valence-electron chi connectivity index (χ2n) is 6.21. The van der Waals surface area contributed by atoms with Gasteiger partial charge in [-0.1, -0.05) is 17.7 Å². The highest BCUT2D eigenvalue weighted by Crippen LogP contribution is 2.30. The van der Waals surface area contributed by atoms with Crippen LogP contribution in [-0.2, 0) is 9.53 Å². The largest absolute Gasteiger partial charge is 0.437 e. The number of nitrogens with zero attached hydrogens (tertiary/aromatic N) is 1. The number of rotatable bonds is 7. The van der Waals surface area contributed by atoms with Gasteiger partial charge >= 0.3 is 12.5 Å². The fourth-order valence-electron chi connectivity index (χ4n) is 2.67. The van der Waals surface area contributed by atoms with Gasteiger partial charge in [0.25, 0.3) is 12.3 Å². The molecule has 3 atom stereocenters. The first-order chi connectivity index (χ1) is 14.7. The quantitative estimate of drug-likeness (QED) is 0.484. The number of carbonyl (C=O) groups excluding carboxylic acids is 2. The second kappa shape index (κ2) is 9.33. The molecule has 2 heterocycles. The molecule has 2 unspecified atom stereocenters. The number of hydrogen-bond donors (Lipinski definition) is 2. The number of cyclic esters (lactones) is 1. The van der Waals surface area contributed by atoms with Gasteiger partial charge in [-0.25, -0.2) is 27.3 Å². The fourth-order valence-corrected chi connectivity index (χ4v) is 2.85. The first-order valence-corrected chi connectivity index (χ1v) is 8.98. The predicted octanol–water partition coefficient (Wildman–Crippen LogP) is 3.27. The highest BCUT2D eigenvalue weighted by molar-refractivity contribution is 6.31. The number of alkyl halides is 3. The van der Waals surface area contributed by atoms with E-state index in [0.717, 1.165) is 24.4 Å². The van der Waals surface area contributed by atoms with E-state index in [1.807, 2.05) is 0 Å². The summed E-state index contributed by atoms with van der Waals surface area (Å²) in [7, 11) is 0. The van der Waals surface area contributed by atoms with Gasteiger partial charge < -0.3 is 20.1 Å². The maximum absolute atomic E-state index is 14.6. The molecule has 1 aliphatic rings. The van der Waals surface area contributed by atoms with Crippen LogP contribution in [0.1, 0.15) is 17.2 Å². The first kappa shape index (κ1) is 22.5. The van der Waals surface area contributed by atoms with Crippen LogP contribution in [-0.4, -0.2) is 42.4 Å². The minimum atomic E-state index is -3.40. The summed E-state index contributed by atoms with van der Waals surface area (Å²) in [6.07, 6.45) is -7.34. The Kier molecular flexibility index (Phi) is 6.78. The summed E-state index contributed by atoms with van der Waals surface area (Å²) >= 11 is 5.62. The molecule has 1 saturated heterocycles. The van der Waals surface area contributed by atoms with Crippen LogP contribution in [0.25, 0.3) is 0 Å². The summed E-state index contributed by atoms with van der Waals surface area (Å²) in [5, 5.41) is 3.88. The van der Waals surface area contributed by atoms with Gasteiger partial charge in [-0.05, 0) is 17.7 Å². The number of hydrogen-bond acceptors (Lipinski definition) is 5. The smallest absolute Gasteiger partial charge is 0.408 e. The summed E-state index contributed by atoms with van der Waals surface area (Å²) in [5.74, 6) is -3.52. The fraction of sp³-hybridized carbons (Fsp3) is 0.278. The Hall–Kier alpha value is -3.15. The molecule has 3 rings (SSSR count). The van der Waals surface area contributed by atoms with Crippen molar-refractivity contribution in [2.45, 2.75) is 24.9 Å².